The van der Waals surface area contributed by atoms with Crippen LogP contribution in [0.3, 0.4) is 0 Å². The molecule has 0 rings (SSSR count). The Balaban J connectivity index is 3.66. The zero-order chi connectivity index (χ0) is 16.6. The lowest BCUT2D eigenvalue weighted by molar-refractivity contribution is -0.137. The quantitative estimate of drug-likeness (QED) is 0.336. The zero-order valence-corrected chi connectivity index (χ0v) is 13.8. The lowest BCUT2D eigenvalue weighted by atomic mass is 10.0. The van der Waals surface area contributed by atoms with E-state index >= 15 is 0 Å². The monoisotopic (exact) mass is 312 g/mol. The van der Waals surface area contributed by atoms with E-state index in [2.05, 4.69) is 6.92 Å². The van der Waals surface area contributed by atoms with Crippen molar-refractivity contribution in [3.05, 3.63) is 24.3 Å². The molecule has 0 heterocycles. The van der Waals surface area contributed by atoms with Crippen LogP contribution in [0.25, 0.3) is 0 Å². The molecule has 4 nitrogen and oxygen atoms in total. The van der Waals surface area contributed by atoms with Gasteiger partial charge in [0.15, 0.2) is 0 Å². The van der Waals surface area contributed by atoms with Gasteiger partial charge in [0.2, 0.25) is 0 Å². The van der Waals surface area contributed by atoms with E-state index in [1.54, 1.807) is 18.2 Å². The summed E-state index contributed by atoms with van der Waals surface area (Å²) in [6.45, 7) is 2.19. The Bertz CT molecular complexity index is 323. The third kappa shape index (κ3) is 13.8. The number of carboxylic acids is 1. The Morgan fingerprint density at radius 2 is 1.68 bits per heavy atom. The van der Waals surface area contributed by atoms with Crippen LogP contribution >= 0.6 is 0 Å². The highest BCUT2D eigenvalue weighted by Crippen LogP contribution is 2.11. The van der Waals surface area contributed by atoms with Gasteiger partial charge in [-0.1, -0.05) is 69.8 Å². The van der Waals surface area contributed by atoms with E-state index in [9.17, 15) is 15.0 Å². The Hall–Kier alpha value is -1.13. The van der Waals surface area contributed by atoms with Gasteiger partial charge in [-0.25, -0.2) is 0 Å². The van der Waals surface area contributed by atoms with Gasteiger partial charge >= 0.3 is 5.97 Å². The lowest BCUT2D eigenvalue weighted by Gasteiger charge is -2.14. The minimum atomic E-state index is -0.834. The molecule has 0 unspecified atom stereocenters. The van der Waals surface area contributed by atoms with Gasteiger partial charge in [-0.05, 0) is 19.3 Å². The molecule has 0 aliphatic rings. The zero-order valence-electron chi connectivity index (χ0n) is 13.8. The topological polar surface area (TPSA) is 77.8 Å². The third-order valence-electron chi connectivity index (χ3n) is 3.56. The number of hydrogen-bond donors (Lipinski definition) is 3. The molecule has 22 heavy (non-hydrogen) atoms. The molecule has 2 atom stereocenters. The van der Waals surface area contributed by atoms with Gasteiger partial charge in [0, 0.05) is 6.42 Å². The summed E-state index contributed by atoms with van der Waals surface area (Å²) in [5.41, 5.74) is 0. The van der Waals surface area contributed by atoms with Crippen molar-refractivity contribution in [3.63, 3.8) is 0 Å². The third-order valence-corrected chi connectivity index (χ3v) is 3.56. The van der Waals surface area contributed by atoms with E-state index in [-0.39, 0.29) is 6.42 Å². The molecule has 4 heteroatoms. The second-order valence-corrected chi connectivity index (χ2v) is 5.71. The van der Waals surface area contributed by atoms with Crippen LogP contribution in [-0.2, 0) is 4.79 Å². The molecule has 0 fully saturated rings. The molecule has 0 radical (unpaired) electrons. The largest absolute Gasteiger partial charge is 0.481 e. The smallest absolute Gasteiger partial charge is 0.303 e. The normalized spacial score (nSPS) is 14.7. The van der Waals surface area contributed by atoms with E-state index in [0.29, 0.717) is 19.3 Å². The van der Waals surface area contributed by atoms with Crippen LogP contribution in [0.15, 0.2) is 24.3 Å². The molecule has 0 aromatic rings. The summed E-state index contributed by atoms with van der Waals surface area (Å²) in [4.78, 5) is 10.3. The number of allylic oxidation sites excluding steroid dienone is 3. The second-order valence-electron chi connectivity index (χ2n) is 5.71. The van der Waals surface area contributed by atoms with E-state index < -0.39 is 18.2 Å². The van der Waals surface area contributed by atoms with Gasteiger partial charge in [-0.3, -0.25) is 4.79 Å². The number of rotatable bonds is 14. The Morgan fingerprint density at radius 1 is 1.00 bits per heavy atom. The first-order chi connectivity index (χ1) is 10.6. The summed E-state index contributed by atoms with van der Waals surface area (Å²) in [5.74, 6) is -0.780. The highest BCUT2D eigenvalue weighted by Gasteiger charge is 2.11. The number of carbonyl (C=O) groups is 1. The fraction of sp³-hybridized carbons (Fsp3) is 0.722. The maximum atomic E-state index is 10.3. The summed E-state index contributed by atoms with van der Waals surface area (Å²) < 4.78 is 0. The number of carboxylic acid groups (broad SMARTS) is 1. The number of unbranched alkanes of at least 4 members (excludes halogenated alkanes) is 6. The maximum absolute atomic E-state index is 10.3. The molecule has 0 aliphatic carbocycles. The van der Waals surface area contributed by atoms with Crippen LogP contribution in [0.4, 0.5) is 0 Å². The van der Waals surface area contributed by atoms with Crippen molar-refractivity contribution < 1.29 is 20.1 Å². The predicted octanol–water partition coefficient (Wildman–Crippen LogP) is 3.83. The molecular weight excluding hydrogens is 280 g/mol. The minimum absolute atomic E-state index is 0.174. The molecule has 3 N–H and O–H groups in total. The molecule has 0 spiro atoms. The molecule has 128 valence electrons. The van der Waals surface area contributed by atoms with Crippen LogP contribution < -0.4 is 0 Å². The van der Waals surface area contributed by atoms with Crippen LogP contribution in [-0.4, -0.2) is 33.5 Å². The van der Waals surface area contributed by atoms with Gasteiger partial charge in [0.05, 0.1) is 12.2 Å². The van der Waals surface area contributed by atoms with E-state index in [1.807, 2.05) is 6.08 Å². The van der Waals surface area contributed by atoms with E-state index in [1.165, 1.54) is 25.7 Å². The van der Waals surface area contributed by atoms with Gasteiger partial charge < -0.3 is 15.3 Å². The average Bonchev–Trinajstić information content (AvgIpc) is 2.49. The molecule has 0 aliphatic heterocycles. The van der Waals surface area contributed by atoms with Crippen LogP contribution in [0.2, 0.25) is 0 Å². The SMILES string of the molecule is CCCCCCCC[C@H](O)[C@@H](O)/C=C/C=C\CCCC(=O)O. The van der Waals surface area contributed by atoms with Crippen molar-refractivity contribution in [2.24, 2.45) is 0 Å². The molecule has 0 aromatic carbocycles. The summed E-state index contributed by atoms with van der Waals surface area (Å²) in [6, 6.07) is 0. The number of hydrogen-bond acceptors (Lipinski definition) is 3. The second kappa shape index (κ2) is 14.8. The van der Waals surface area contributed by atoms with Crippen molar-refractivity contribution in [1.29, 1.82) is 0 Å². The molecule has 0 amide bonds. The van der Waals surface area contributed by atoms with Gasteiger partial charge in [0.1, 0.15) is 0 Å². The van der Waals surface area contributed by atoms with Crippen molar-refractivity contribution >= 4 is 5.97 Å². The first kappa shape index (κ1) is 20.9. The summed E-state index contributed by atoms with van der Waals surface area (Å²) in [7, 11) is 0. The summed E-state index contributed by atoms with van der Waals surface area (Å²) in [5, 5.41) is 28.1. The first-order valence-corrected chi connectivity index (χ1v) is 8.49. The summed E-state index contributed by atoms with van der Waals surface area (Å²) >= 11 is 0. The highest BCUT2D eigenvalue weighted by atomic mass is 16.4. The van der Waals surface area contributed by atoms with Gasteiger partial charge in [-0.15, -0.1) is 0 Å². The highest BCUT2D eigenvalue weighted by molar-refractivity contribution is 5.66. The molecule has 0 aromatic heterocycles. The predicted molar refractivity (Wildman–Crippen MR) is 89.8 cm³/mol. The Labute approximate surface area is 134 Å². The lowest BCUT2D eigenvalue weighted by Crippen LogP contribution is -2.23. The first-order valence-electron chi connectivity index (χ1n) is 8.49. The van der Waals surface area contributed by atoms with Crippen molar-refractivity contribution in [2.45, 2.75) is 83.3 Å². The minimum Gasteiger partial charge on any atom is -0.481 e. The molecule has 0 saturated carbocycles. The van der Waals surface area contributed by atoms with Crippen molar-refractivity contribution in [2.75, 3.05) is 0 Å². The Kier molecular flexibility index (Phi) is 14.0. The van der Waals surface area contributed by atoms with E-state index in [4.69, 9.17) is 5.11 Å². The molecule has 0 bridgehead atoms. The summed E-state index contributed by atoms with van der Waals surface area (Å²) in [6.07, 6.45) is 14.5. The molecular formula is C18H32O4. The van der Waals surface area contributed by atoms with E-state index in [0.717, 1.165) is 12.8 Å². The van der Waals surface area contributed by atoms with Gasteiger partial charge in [0.25, 0.3) is 0 Å². The average molecular weight is 312 g/mol. The van der Waals surface area contributed by atoms with Crippen LogP contribution in [0, 0.1) is 0 Å². The van der Waals surface area contributed by atoms with Crippen LogP contribution in [0.5, 0.6) is 0 Å². The fourth-order valence-corrected chi connectivity index (χ4v) is 2.16. The molecule has 0 saturated heterocycles. The van der Waals surface area contributed by atoms with Crippen LogP contribution in [0.1, 0.15) is 71.1 Å². The Morgan fingerprint density at radius 3 is 2.36 bits per heavy atom. The maximum Gasteiger partial charge on any atom is 0.303 e. The van der Waals surface area contributed by atoms with Crippen molar-refractivity contribution in [1.82, 2.24) is 0 Å². The number of aliphatic hydroxyl groups is 2. The fourth-order valence-electron chi connectivity index (χ4n) is 2.16. The van der Waals surface area contributed by atoms with Crippen molar-refractivity contribution in [3.8, 4) is 0 Å². The number of aliphatic carboxylic acids is 1. The van der Waals surface area contributed by atoms with Gasteiger partial charge in [-0.2, -0.15) is 0 Å². The number of aliphatic hydroxyl groups excluding tert-OH is 2. The standard InChI is InChI=1S/C18H32O4/c1-2-3-4-5-7-10-13-16(19)17(20)14-11-8-6-9-12-15-18(21)22/h6,8,11,14,16-17,19-20H,2-5,7,9-10,12-13,15H2,1H3,(H,21,22)/b8-6-,14-11+/t16-,17-/m0/s1.